The molecule has 0 saturated heterocycles. The fourth-order valence-electron chi connectivity index (χ4n) is 2.02. The van der Waals surface area contributed by atoms with Gasteiger partial charge >= 0.3 is 0 Å². The van der Waals surface area contributed by atoms with Crippen molar-refractivity contribution in [2.75, 3.05) is 0 Å². The molecule has 0 spiro atoms. The Kier molecular flexibility index (Phi) is 3.90. The second-order valence-electron chi connectivity index (χ2n) is 5.35. The summed E-state index contributed by atoms with van der Waals surface area (Å²) in [4.78, 5) is 4.19. The standard InChI is InChI=1S/C14H23N/c1-11(2)14(5,12(3)4)9-13-7-6-8-15-10-13/h6-8,10-12H,9H2,1-5H3. The molecule has 0 atom stereocenters. The molecule has 0 unspecified atom stereocenters. The second-order valence-corrected chi connectivity index (χ2v) is 5.35. The molecule has 1 aromatic rings. The normalized spacial score (nSPS) is 12.5. The van der Waals surface area contributed by atoms with Gasteiger partial charge in [-0.15, -0.1) is 0 Å². The Bertz CT molecular complexity index is 279. The Balaban J connectivity index is 2.85. The van der Waals surface area contributed by atoms with Crippen molar-refractivity contribution in [1.82, 2.24) is 4.98 Å². The van der Waals surface area contributed by atoms with Crippen LogP contribution in [0.5, 0.6) is 0 Å². The number of nitrogens with zero attached hydrogens (tertiary/aromatic N) is 1. The van der Waals surface area contributed by atoms with Crippen molar-refractivity contribution in [3.8, 4) is 0 Å². The number of hydrogen-bond acceptors (Lipinski definition) is 1. The zero-order chi connectivity index (χ0) is 11.5. The van der Waals surface area contributed by atoms with Crippen molar-refractivity contribution in [2.45, 2.75) is 41.0 Å². The van der Waals surface area contributed by atoms with Crippen LogP contribution in [-0.4, -0.2) is 4.98 Å². The molecular formula is C14H23N. The predicted molar refractivity (Wildman–Crippen MR) is 65.7 cm³/mol. The molecule has 84 valence electrons. The molecule has 0 aromatic carbocycles. The highest BCUT2D eigenvalue weighted by Gasteiger charge is 2.31. The molecule has 1 nitrogen and oxygen atoms in total. The lowest BCUT2D eigenvalue weighted by molar-refractivity contribution is 0.137. The third-order valence-corrected chi connectivity index (χ3v) is 3.95. The highest BCUT2D eigenvalue weighted by molar-refractivity contribution is 5.11. The van der Waals surface area contributed by atoms with Crippen molar-refractivity contribution in [3.05, 3.63) is 30.1 Å². The van der Waals surface area contributed by atoms with Gasteiger partial charge in [0.15, 0.2) is 0 Å². The molecule has 0 saturated carbocycles. The summed E-state index contributed by atoms with van der Waals surface area (Å²) in [6.07, 6.45) is 4.95. The summed E-state index contributed by atoms with van der Waals surface area (Å²) in [5, 5.41) is 0. The number of hydrogen-bond donors (Lipinski definition) is 0. The monoisotopic (exact) mass is 205 g/mol. The van der Waals surface area contributed by atoms with E-state index >= 15 is 0 Å². The maximum atomic E-state index is 4.19. The van der Waals surface area contributed by atoms with Crippen LogP contribution in [-0.2, 0) is 6.42 Å². The predicted octanol–water partition coefficient (Wildman–Crippen LogP) is 3.94. The molecule has 0 N–H and O–H groups in total. The Hall–Kier alpha value is -0.850. The fraction of sp³-hybridized carbons (Fsp3) is 0.643. The zero-order valence-electron chi connectivity index (χ0n) is 10.6. The first-order valence-corrected chi connectivity index (χ1v) is 5.85. The van der Waals surface area contributed by atoms with Crippen molar-refractivity contribution >= 4 is 0 Å². The summed E-state index contributed by atoms with van der Waals surface area (Å²) in [7, 11) is 0. The molecule has 15 heavy (non-hydrogen) atoms. The van der Waals surface area contributed by atoms with Gasteiger partial charge < -0.3 is 0 Å². The summed E-state index contributed by atoms with van der Waals surface area (Å²) in [6, 6.07) is 4.20. The van der Waals surface area contributed by atoms with Gasteiger partial charge in [0.2, 0.25) is 0 Å². The quantitative estimate of drug-likeness (QED) is 0.725. The molecule has 1 heterocycles. The summed E-state index contributed by atoms with van der Waals surface area (Å²) in [5.41, 5.74) is 1.71. The third-order valence-electron chi connectivity index (χ3n) is 3.95. The average molecular weight is 205 g/mol. The van der Waals surface area contributed by atoms with Gasteiger partial charge in [0.1, 0.15) is 0 Å². The van der Waals surface area contributed by atoms with E-state index < -0.39 is 0 Å². The van der Waals surface area contributed by atoms with Gasteiger partial charge in [-0.05, 0) is 35.3 Å². The van der Waals surface area contributed by atoms with Crippen LogP contribution >= 0.6 is 0 Å². The molecule has 0 aliphatic rings. The van der Waals surface area contributed by atoms with Crippen molar-refractivity contribution < 1.29 is 0 Å². The summed E-state index contributed by atoms with van der Waals surface area (Å²) in [5.74, 6) is 1.38. The van der Waals surface area contributed by atoms with E-state index in [0.29, 0.717) is 17.3 Å². The van der Waals surface area contributed by atoms with Crippen molar-refractivity contribution in [2.24, 2.45) is 17.3 Å². The lowest BCUT2D eigenvalue weighted by atomic mass is 9.67. The highest BCUT2D eigenvalue weighted by Crippen LogP contribution is 2.38. The SMILES string of the molecule is CC(C)C(C)(Cc1cccnc1)C(C)C. The van der Waals surface area contributed by atoms with Crippen LogP contribution in [0.2, 0.25) is 0 Å². The van der Waals surface area contributed by atoms with E-state index in [0.717, 1.165) is 6.42 Å². The van der Waals surface area contributed by atoms with E-state index in [1.54, 1.807) is 0 Å². The molecular weight excluding hydrogens is 182 g/mol. The van der Waals surface area contributed by atoms with Crippen LogP contribution in [0.25, 0.3) is 0 Å². The Morgan fingerprint density at radius 2 is 1.80 bits per heavy atom. The topological polar surface area (TPSA) is 12.9 Å². The van der Waals surface area contributed by atoms with Gasteiger partial charge in [0.05, 0.1) is 0 Å². The van der Waals surface area contributed by atoms with Crippen LogP contribution in [0.4, 0.5) is 0 Å². The van der Waals surface area contributed by atoms with Crippen LogP contribution in [0.1, 0.15) is 40.2 Å². The highest BCUT2D eigenvalue weighted by atomic mass is 14.6. The van der Waals surface area contributed by atoms with Crippen molar-refractivity contribution in [3.63, 3.8) is 0 Å². The minimum absolute atomic E-state index is 0.364. The van der Waals surface area contributed by atoms with E-state index in [4.69, 9.17) is 0 Å². The average Bonchev–Trinajstić information content (AvgIpc) is 2.18. The van der Waals surface area contributed by atoms with Crippen molar-refractivity contribution in [1.29, 1.82) is 0 Å². The Morgan fingerprint density at radius 3 is 2.20 bits per heavy atom. The lowest BCUT2D eigenvalue weighted by Crippen LogP contribution is -2.32. The van der Waals surface area contributed by atoms with Gasteiger partial charge in [-0.2, -0.15) is 0 Å². The van der Waals surface area contributed by atoms with E-state index in [1.807, 2.05) is 18.5 Å². The molecule has 1 rings (SSSR count). The summed E-state index contributed by atoms with van der Waals surface area (Å²) >= 11 is 0. The van der Waals surface area contributed by atoms with Crippen LogP contribution in [0.15, 0.2) is 24.5 Å². The Morgan fingerprint density at radius 1 is 1.20 bits per heavy atom. The largest absolute Gasteiger partial charge is 0.264 e. The molecule has 0 fully saturated rings. The first kappa shape index (κ1) is 12.2. The maximum absolute atomic E-state index is 4.19. The summed E-state index contributed by atoms with van der Waals surface area (Å²) < 4.78 is 0. The molecule has 0 bridgehead atoms. The Labute approximate surface area is 93.9 Å². The smallest absolute Gasteiger partial charge is 0.0300 e. The molecule has 1 heteroatoms. The first-order chi connectivity index (χ1) is 6.97. The molecule has 0 amide bonds. The van der Waals surface area contributed by atoms with E-state index in [9.17, 15) is 0 Å². The minimum Gasteiger partial charge on any atom is -0.264 e. The van der Waals surface area contributed by atoms with E-state index in [1.165, 1.54) is 5.56 Å². The molecule has 0 aliphatic carbocycles. The first-order valence-electron chi connectivity index (χ1n) is 5.85. The van der Waals surface area contributed by atoms with Crippen LogP contribution in [0.3, 0.4) is 0 Å². The van der Waals surface area contributed by atoms with Crippen LogP contribution < -0.4 is 0 Å². The molecule has 1 aromatic heterocycles. The van der Waals surface area contributed by atoms with Gasteiger partial charge in [-0.1, -0.05) is 40.7 Å². The number of aromatic nitrogens is 1. The molecule has 0 radical (unpaired) electrons. The minimum atomic E-state index is 0.364. The molecule has 0 aliphatic heterocycles. The fourth-order valence-corrected chi connectivity index (χ4v) is 2.02. The third kappa shape index (κ3) is 2.80. The number of pyridine rings is 1. The van der Waals surface area contributed by atoms with Gasteiger partial charge in [0, 0.05) is 12.4 Å². The van der Waals surface area contributed by atoms with E-state index in [2.05, 4.69) is 45.7 Å². The van der Waals surface area contributed by atoms with Crippen LogP contribution in [0, 0.1) is 17.3 Å². The van der Waals surface area contributed by atoms with Gasteiger partial charge in [-0.25, -0.2) is 0 Å². The number of rotatable bonds is 4. The van der Waals surface area contributed by atoms with E-state index in [-0.39, 0.29) is 0 Å². The van der Waals surface area contributed by atoms with Gasteiger partial charge in [-0.3, -0.25) is 4.98 Å². The van der Waals surface area contributed by atoms with Gasteiger partial charge in [0.25, 0.3) is 0 Å². The zero-order valence-corrected chi connectivity index (χ0v) is 10.6. The summed E-state index contributed by atoms with van der Waals surface area (Å²) in [6.45, 7) is 11.6. The lowest BCUT2D eigenvalue weighted by Gasteiger charge is -2.38. The second kappa shape index (κ2) is 4.78. The maximum Gasteiger partial charge on any atom is 0.0300 e.